The summed E-state index contributed by atoms with van der Waals surface area (Å²) in [5, 5.41) is 0. The van der Waals surface area contributed by atoms with Crippen molar-refractivity contribution < 1.29 is 4.79 Å². The van der Waals surface area contributed by atoms with Crippen LogP contribution in [0.4, 0.5) is 0 Å². The minimum absolute atomic E-state index is 0.0795. The van der Waals surface area contributed by atoms with Crippen LogP contribution < -0.4 is 0 Å². The van der Waals surface area contributed by atoms with Gasteiger partial charge in [-0.25, -0.2) is 0 Å². The molecule has 0 spiro atoms. The maximum absolute atomic E-state index is 12.7. The van der Waals surface area contributed by atoms with Gasteiger partial charge in [0.25, 0.3) is 5.91 Å². The second-order valence-corrected chi connectivity index (χ2v) is 7.95. The Hall–Kier alpha value is -0.650. The smallest absolute Gasteiger partial charge is 0.254 e. The first kappa shape index (κ1) is 15.7. The lowest BCUT2D eigenvalue weighted by Crippen LogP contribution is -2.30. The van der Waals surface area contributed by atoms with Crippen molar-refractivity contribution in [1.29, 1.82) is 0 Å². The Bertz CT molecular complexity index is 624. The Kier molecular flexibility index (Phi) is 5.41. The minimum atomic E-state index is 0.0795. The summed E-state index contributed by atoms with van der Waals surface area (Å²) in [4.78, 5) is 15.7. The van der Waals surface area contributed by atoms with E-state index in [4.69, 9.17) is 0 Å². The van der Waals surface area contributed by atoms with Crippen LogP contribution >= 0.6 is 43.2 Å². The third kappa shape index (κ3) is 3.71. The molecule has 0 aliphatic heterocycles. The van der Waals surface area contributed by atoms with Gasteiger partial charge < -0.3 is 4.90 Å². The molecule has 106 valence electrons. The molecule has 5 heteroatoms. The van der Waals surface area contributed by atoms with E-state index in [2.05, 4.69) is 37.9 Å². The molecule has 0 radical (unpaired) electrons. The Morgan fingerprint density at radius 3 is 2.60 bits per heavy atom. The zero-order chi connectivity index (χ0) is 14.7. The van der Waals surface area contributed by atoms with E-state index in [-0.39, 0.29) is 5.91 Å². The number of aryl methyl sites for hydroxylation is 1. The summed E-state index contributed by atoms with van der Waals surface area (Å²) in [7, 11) is 0. The zero-order valence-electron chi connectivity index (χ0n) is 11.3. The number of carbonyl (C=O) groups excluding carboxylic acids is 1. The summed E-state index contributed by atoms with van der Waals surface area (Å²) in [6.45, 7) is 5.32. The number of halogens is 2. The van der Waals surface area contributed by atoms with Gasteiger partial charge in [-0.2, -0.15) is 0 Å². The minimum Gasteiger partial charge on any atom is -0.334 e. The number of amides is 1. The maximum Gasteiger partial charge on any atom is 0.254 e. The number of hydrogen-bond acceptors (Lipinski definition) is 2. The van der Waals surface area contributed by atoms with Crippen molar-refractivity contribution >= 4 is 49.1 Å². The molecule has 0 unspecified atom stereocenters. The summed E-state index contributed by atoms with van der Waals surface area (Å²) in [5.41, 5.74) is 1.76. The molecule has 1 heterocycles. The third-order valence-electron chi connectivity index (χ3n) is 3.07. The molecule has 0 aliphatic carbocycles. The van der Waals surface area contributed by atoms with Gasteiger partial charge in [0.15, 0.2) is 0 Å². The summed E-state index contributed by atoms with van der Waals surface area (Å²) in [6, 6.07) is 9.89. The Balaban J connectivity index is 2.22. The van der Waals surface area contributed by atoms with Crippen LogP contribution in [0.3, 0.4) is 0 Å². The average Bonchev–Trinajstić information content (AvgIpc) is 2.83. The first-order valence-electron chi connectivity index (χ1n) is 6.31. The van der Waals surface area contributed by atoms with Gasteiger partial charge in [-0.05, 0) is 59.6 Å². The quantitative estimate of drug-likeness (QED) is 0.666. The second kappa shape index (κ2) is 6.87. The maximum atomic E-state index is 12.7. The van der Waals surface area contributed by atoms with E-state index in [1.54, 1.807) is 11.3 Å². The molecule has 0 N–H and O–H groups in total. The number of benzene rings is 1. The molecule has 1 aromatic carbocycles. The van der Waals surface area contributed by atoms with E-state index in [9.17, 15) is 4.79 Å². The fraction of sp³-hybridized carbons (Fsp3) is 0.267. The first-order valence-corrected chi connectivity index (χ1v) is 8.71. The van der Waals surface area contributed by atoms with Gasteiger partial charge in [0.2, 0.25) is 0 Å². The van der Waals surface area contributed by atoms with Crippen molar-refractivity contribution in [2.24, 2.45) is 0 Å². The molecular formula is C15H15Br2NOS. The van der Waals surface area contributed by atoms with Crippen molar-refractivity contribution in [2.45, 2.75) is 20.4 Å². The highest BCUT2D eigenvalue weighted by Crippen LogP contribution is 2.24. The van der Waals surface area contributed by atoms with Crippen molar-refractivity contribution in [3.8, 4) is 0 Å². The van der Waals surface area contributed by atoms with E-state index in [0.717, 1.165) is 19.4 Å². The van der Waals surface area contributed by atoms with E-state index >= 15 is 0 Å². The van der Waals surface area contributed by atoms with Crippen LogP contribution in [0.2, 0.25) is 0 Å². The second-order valence-electron chi connectivity index (χ2n) is 4.48. The molecule has 2 nitrogen and oxygen atoms in total. The van der Waals surface area contributed by atoms with Gasteiger partial charge in [0, 0.05) is 21.5 Å². The fourth-order valence-electron chi connectivity index (χ4n) is 1.95. The molecule has 1 amide bonds. The largest absolute Gasteiger partial charge is 0.334 e. The molecule has 0 aliphatic rings. The van der Waals surface area contributed by atoms with Crippen LogP contribution in [0, 0.1) is 6.92 Å². The third-order valence-corrected chi connectivity index (χ3v) is 5.18. The van der Waals surface area contributed by atoms with Crippen LogP contribution in [0.1, 0.15) is 27.7 Å². The summed E-state index contributed by atoms with van der Waals surface area (Å²) in [5.74, 6) is 0.0795. The van der Waals surface area contributed by atoms with Gasteiger partial charge in [0.05, 0.1) is 10.3 Å². The normalized spacial score (nSPS) is 10.6. The topological polar surface area (TPSA) is 20.3 Å². The molecular weight excluding hydrogens is 402 g/mol. The predicted molar refractivity (Wildman–Crippen MR) is 91.3 cm³/mol. The van der Waals surface area contributed by atoms with Gasteiger partial charge in [-0.15, -0.1) is 11.3 Å². The lowest BCUT2D eigenvalue weighted by molar-refractivity contribution is 0.0753. The standard InChI is InChI=1S/C15H15Br2NOS/c1-3-18(9-12-6-7-14(17)20-12)15(19)13-8-11(16)5-4-10(13)2/h4-8H,3,9H2,1-2H3. The summed E-state index contributed by atoms with van der Waals surface area (Å²) < 4.78 is 2.02. The molecule has 2 rings (SSSR count). The van der Waals surface area contributed by atoms with Crippen molar-refractivity contribution in [1.82, 2.24) is 4.90 Å². The van der Waals surface area contributed by atoms with E-state index < -0.39 is 0 Å². The predicted octanol–water partition coefficient (Wildman–Crippen LogP) is 5.24. The van der Waals surface area contributed by atoms with E-state index in [1.165, 1.54) is 4.88 Å². The van der Waals surface area contributed by atoms with Gasteiger partial charge in [-0.1, -0.05) is 22.0 Å². The number of thiophene rings is 1. The summed E-state index contributed by atoms with van der Waals surface area (Å²) >= 11 is 8.55. The molecule has 0 bridgehead atoms. The molecule has 0 atom stereocenters. The van der Waals surface area contributed by atoms with Gasteiger partial charge in [0.1, 0.15) is 0 Å². The molecule has 20 heavy (non-hydrogen) atoms. The van der Waals surface area contributed by atoms with E-state index in [0.29, 0.717) is 13.1 Å². The van der Waals surface area contributed by atoms with Crippen LogP contribution in [-0.4, -0.2) is 17.4 Å². The Morgan fingerprint density at radius 1 is 1.25 bits per heavy atom. The molecule has 0 saturated heterocycles. The van der Waals surface area contributed by atoms with Gasteiger partial charge in [-0.3, -0.25) is 4.79 Å². The summed E-state index contributed by atoms with van der Waals surface area (Å²) in [6.07, 6.45) is 0. The molecule has 0 saturated carbocycles. The number of carbonyl (C=O) groups is 1. The molecule has 1 aromatic heterocycles. The zero-order valence-corrected chi connectivity index (χ0v) is 15.3. The molecule has 0 fully saturated rings. The van der Waals surface area contributed by atoms with Crippen molar-refractivity contribution in [2.75, 3.05) is 6.54 Å². The van der Waals surface area contributed by atoms with E-state index in [1.807, 2.05) is 43.0 Å². The van der Waals surface area contributed by atoms with Crippen LogP contribution in [0.25, 0.3) is 0 Å². The van der Waals surface area contributed by atoms with Crippen molar-refractivity contribution in [3.05, 3.63) is 54.6 Å². The number of nitrogens with zero attached hydrogens (tertiary/aromatic N) is 1. The highest BCUT2D eigenvalue weighted by molar-refractivity contribution is 9.11. The average molecular weight is 417 g/mol. The first-order chi connectivity index (χ1) is 9.51. The van der Waals surface area contributed by atoms with Crippen LogP contribution in [0.5, 0.6) is 0 Å². The van der Waals surface area contributed by atoms with Crippen LogP contribution in [-0.2, 0) is 6.54 Å². The Morgan fingerprint density at radius 2 is 2.00 bits per heavy atom. The SMILES string of the molecule is CCN(Cc1ccc(Br)s1)C(=O)c1cc(Br)ccc1C. The highest BCUT2D eigenvalue weighted by atomic mass is 79.9. The van der Waals surface area contributed by atoms with Crippen LogP contribution in [0.15, 0.2) is 38.6 Å². The van der Waals surface area contributed by atoms with Gasteiger partial charge >= 0.3 is 0 Å². The molecule has 2 aromatic rings. The monoisotopic (exact) mass is 415 g/mol. The van der Waals surface area contributed by atoms with Crippen molar-refractivity contribution in [3.63, 3.8) is 0 Å². The fourth-order valence-corrected chi connectivity index (χ4v) is 3.81. The number of rotatable bonds is 4. The Labute approximate surface area is 140 Å². The highest BCUT2D eigenvalue weighted by Gasteiger charge is 2.17. The lowest BCUT2D eigenvalue weighted by atomic mass is 10.1. The lowest BCUT2D eigenvalue weighted by Gasteiger charge is -2.21. The number of hydrogen-bond donors (Lipinski definition) is 0.